The van der Waals surface area contributed by atoms with Crippen molar-refractivity contribution in [3.63, 3.8) is 0 Å². The Bertz CT molecular complexity index is 2440. The van der Waals surface area contributed by atoms with Crippen LogP contribution in [0.1, 0.15) is 89.0 Å². The second-order valence-electron chi connectivity index (χ2n) is 16.4. The van der Waals surface area contributed by atoms with Crippen LogP contribution in [0.3, 0.4) is 0 Å². The Kier molecular flexibility index (Phi) is 7.67. The zero-order valence-corrected chi connectivity index (χ0v) is 33.2. The summed E-state index contributed by atoms with van der Waals surface area (Å²) in [7, 11) is 0. The van der Waals surface area contributed by atoms with Crippen LogP contribution in [0.25, 0.3) is 22.3 Å². The predicted octanol–water partition coefficient (Wildman–Crippen LogP) is 11.7. The molecule has 2 aliphatic carbocycles. The highest BCUT2D eigenvalue weighted by Crippen LogP contribution is 2.63. The highest BCUT2D eigenvalue weighted by atomic mass is 16.3. The van der Waals surface area contributed by atoms with Crippen LogP contribution in [0.4, 0.5) is 0 Å². The largest absolute Gasteiger partial charge is 0.507 e. The van der Waals surface area contributed by atoms with Crippen LogP contribution in [0, 0.1) is 55.4 Å². The second-order valence-corrected chi connectivity index (χ2v) is 16.4. The molecule has 2 aliphatic rings. The molecule has 0 saturated carbocycles. The molecular weight excluding hydrogens is 689 g/mol. The molecule has 278 valence electrons. The van der Waals surface area contributed by atoms with Crippen molar-refractivity contribution in [2.75, 3.05) is 0 Å². The lowest BCUT2D eigenvalue weighted by Crippen LogP contribution is -2.30. The van der Waals surface area contributed by atoms with Crippen molar-refractivity contribution in [2.24, 2.45) is 0 Å². The number of benzene rings is 7. The topological polar surface area (TPSA) is 80.9 Å². The fourth-order valence-electron chi connectivity index (χ4n) is 10.3. The summed E-state index contributed by atoms with van der Waals surface area (Å²) >= 11 is 0. The Morgan fingerprint density at radius 2 is 0.518 bits per heavy atom. The van der Waals surface area contributed by atoms with E-state index in [0.717, 1.165) is 111 Å². The molecule has 9 rings (SSSR count). The van der Waals surface area contributed by atoms with Crippen molar-refractivity contribution in [3.05, 3.63) is 198 Å². The van der Waals surface area contributed by atoms with E-state index in [1.54, 1.807) is 0 Å². The van der Waals surface area contributed by atoms with E-state index in [-0.39, 0.29) is 0 Å². The molecule has 0 fully saturated rings. The monoisotopic (exact) mass is 734 g/mol. The number of phenols is 4. The predicted molar refractivity (Wildman–Crippen MR) is 226 cm³/mol. The number of hydrogen-bond acceptors (Lipinski definition) is 4. The van der Waals surface area contributed by atoms with E-state index < -0.39 is 10.8 Å². The summed E-state index contributed by atoms with van der Waals surface area (Å²) in [6, 6.07) is 39.1. The van der Waals surface area contributed by atoms with Gasteiger partial charge in [-0.2, -0.15) is 0 Å². The van der Waals surface area contributed by atoms with Crippen LogP contribution >= 0.6 is 0 Å². The number of aryl methyl sites for hydroxylation is 8. The summed E-state index contributed by atoms with van der Waals surface area (Å²) in [4.78, 5) is 0. The fourth-order valence-corrected chi connectivity index (χ4v) is 10.3. The second kappa shape index (κ2) is 12.1. The maximum absolute atomic E-state index is 11.1. The highest BCUT2D eigenvalue weighted by Gasteiger charge is 2.52. The van der Waals surface area contributed by atoms with Crippen molar-refractivity contribution in [3.8, 4) is 45.3 Å². The van der Waals surface area contributed by atoms with Gasteiger partial charge in [-0.1, -0.05) is 97.1 Å². The van der Waals surface area contributed by atoms with Gasteiger partial charge >= 0.3 is 0 Å². The van der Waals surface area contributed by atoms with Gasteiger partial charge in [-0.3, -0.25) is 0 Å². The molecule has 0 aromatic heterocycles. The van der Waals surface area contributed by atoms with Crippen molar-refractivity contribution in [1.29, 1.82) is 0 Å². The Balaban J connectivity index is 1.49. The van der Waals surface area contributed by atoms with E-state index in [2.05, 4.69) is 109 Å². The molecule has 7 aromatic rings. The Morgan fingerprint density at radius 1 is 0.286 bits per heavy atom. The van der Waals surface area contributed by atoms with Crippen molar-refractivity contribution < 1.29 is 20.4 Å². The molecule has 0 saturated heterocycles. The van der Waals surface area contributed by atoms with Gasteiger partial charge in [-0.25, -0.2) is 0 Å². The van der Waals surface area contributed by atoms with E-state index in [0.29, 0.717) is 23.0 Å². The maximum Gasteiger partial charge on any atom is 0.121 e. The number of aromatic hydroxyl groups is 4. The molecule has 0 spiro atoms. The number of hydrogen-bond donors (Lipinski definition) is 4. The molecule has 0 unspecified atom stereocenters. The van der Waals surface area contributed by atoms with Gasteiger partial charge in [0.15, 0.2) is 0 Å². The molecule has 0 bridgehead atoms. The van der Waals surface area contributed by atoms with E-state index in [4.69, 9.17) is 0 Å². The van der Waals surface area contributed by atoms with E-state index in [1.165, 1.54) is 0 Å². The highest BCUT2D eigenvalue weighted by molar-refractivity contribution is 5.95. The molecule has 4 heteroatoms. The maximum atomic E-state index is 11.1. The Morgan fingerprint density at radius 3 is 0.768 bits per heavy atom. The molecule has 0 heterocycles. The van der Waals surface area contributed by atoms with Crippen LogP contribution in [-0.2, 0) is 10.8 Å². The first-order valence-corrected chi connectivity index (χ1v) is 19.3. The summed E-state index contributed by atoms with van der Waals surface area (Å²) in [6.07, 6.45) is 0. The molecule has 4 N–H and O–H groups in total. The average Bonchev–Trinajstić information content (AvgIpc) is 3.63. The van der Waals surface area contributed by atoms with Crippen LogP contribution in [-0.4, -0.2) is 20.4 Å². The van der Waals surface area contributed by atoms with Crippen molar-refractivity contribution >= 4 is 0 Å². The summed E-state index contributed by atoms with van der Waals surface area (Å²) in [6.45, 7) is 15.7. The lowest BCUT2D eigenvalue weighted by molar-refractivity contribution is 0.465. The minimum absolute atomic E-state index is 0.292. The molecule has 0 radical (unpaired) electrons. The van der Waals surface area contributed by atoms with Crippen LogP contribution in [0.2, 0.25) is 0 Å². The summed E-state index contributed by atoms with van der Waals surface area (Å²) in [5.41, 5.74) is 18.1. The SMILES string of the molecule is Cc1cc(C2(c3cc(C)c(O)c(C)c3)c3ccccc3-c3cc4c(cc32)-c2ccccc2C4(c2cc(C)c(O)c(C)c2)c2cc(C)c(O)c(C)c2)cc(C)c1O. The van der Waals surface area contributed by atoms with Crippen LogP contribution in [0.5, 0.6) is 23.0 Å². The molecule has 0 amide bonds. The number of phenolic OH excluding ortho intramolecular Hbond substituents is 4. The van der Waals surface area contributed by atoms with Gasteiger partial charge in [0.05, 0.1) is 10.8 Å². The molecule has 56 heavy (non-hydrogen) atoms. The van der Waals surface area contributed by atoms with Gasteiger partial charge in [0.2, 0.25) is 0 Å². The molecular formula is C52H46O4. The van der Waals surface area contributed by atoms with Crippen molar-refractivity contribution in [1.82, 2.24) is 0 Å². The molecule has 0 atom stereocenters. The van der Waals surface area contributed by atoms with Crippen LogP contribution in [0.15, 0.2) is 109 Å². The third-order valence-corrected chi connectivity index (χ3v) is 12.9. The minimum Gasteiger partial charge on any atom is -0.507 e. The standard InChI is InChI=1S/C52H46O4/c1-27-17-35(18-28(2)47(27)53)51(36-19-29(3)48(54)30(4)20-36)43-15-11-9-13-39(43)41-26-46-42(25-45(41)51)40-14-10-12-16-44(40)52(46,37-21-31(5)49(55)32(6)22-37)38-23-33(7)50(56)34(8)24-38/h9-26,53-56H,1-8H3. The average molecular weight is 735 g/mol. The number of rotatable bonds is 4. The Hall–Kier alpha value is -6.26. The van der Waals surface area contributed by atoms with Gasteiger partial charge in [0.25, 0.3) is 0 Å². The van der Waals surface area contributed by atoms with Gasteiger partial charge < -0.3 is 20.4 Å². The van der Waals surface area contributed by atoms with E-state index in [9.17, 15) is 20.4 Å². The zero-order chi connectivity index (χ0) is 39.6. The minimum atomic E-state index is -0.787. The van der Waals surface area contributed by atoms with Gasteiger partial charge in [-0.05, 0) is 179 Å². The van der Waals surface area contributed by atoms with E-state index in [1.807, 2.05) is 55.4 Å². The summed E-state index contributed by atoms with van der Waals surface area (Å²) < 4.78 is 0. The summed E-state index contributed by atoms with van der Waals surface area (Å²) in [5.74, 6) is 1.17. The fraction of sp³-hybridized carbons (Fsp3) is 0.192. The van der Waals surface area contributed by atoms with E-state index >= 15 is 0 Å². The molecule has 7 aromatic carbocycles. The van der Waals surface area contributed by atoms with Crippen LogP contribution < -0.4 is 0 Å². The smallest absolute Gasteiger partial charge is 0.121 e. The first kappa shape index (κ1) is 35.4. The lowest BCUT2D eigenvalue weighted by Gasteiger charge is -2.37. The van der Waals surface area contributed by atoms with Gasteiger partial charge in [-0.15, -0.1) is 0 Å². The zero-order valence-electron chi connectivity index (χ0n) is 33.2. The Labute approximate surface area is 329 Å². The third-order valence-electron chi connectivity index (χ3n) is 12.9. The van der Waals surface area contributed by atoms with Crippen molar-refractivity contribution in [2.45, 2.75) is 66.2 Å². The summed E-state index contributed by atoms with van der Waals surface area (Å²) in [5, 5.41) is 44.4. The lowest BCUT2D eigenvalue weighted by atomic mass is 9.65. The normalized spacial score (nSPS) is 14.3. The number of fused-ring (bicyclic) bond motifs is 6. The molecule has 0 aliphatic heterocycles. The first-order chi connectivity index (χ1) is 26.7. The molecule has 4 nitrogen and oxygen atoms in total. The first-order valence-electron chi connectivity index (χ1n) is 19.3. The van der Waals surface area contributed by atoms with Gasteiger partial charge in [0, 0.05) is 0 Å². The quantitative estimate of drug-likeness (QED) is 0.145. The third kappa shape index (κ3) is 4.53. The van der Waals surface area contributed by atoms with Gasteiger partial charge in [0.1, 0.15) is 23.0 Å².